The van der Waals surface area contributed by atoms with Crippen LogP contribution in [0, 0.1) is 11.8 Å². The van der Waals surface area contributed by atoms with E-state index in [1.807, 2.05) is 13.2 Å². The van der Waals surface area contributed by atoms with Crippen molar-refractivity contribution in [3.63, 3.8) is 0 Å². The number of nitrogens with one attached hydrogen (secondary N) is 5. The quantitative estimate of drug-likeness (QED) is 0.197. The van der Waals surface area contributed by atoms with Crippen LogP contribution in [0.5, 0.6) is 0 Å². The molecule has 12 nitrogen and oxygen atoms in total. The molecule has 1 aliphatic carbocycles. The average Bonchev–Trinajstić information content (AvgIpc) is 3.62. The molecular weight excluding hydrogens is 688 g/mol. The van der Waals surface area contributed by atoms with Gasteiger partial charge in [0.15, 0.2) is 11.9 Å². The number of guanidine groups is 1. The van der Waals surface area contributed by atoms with Gasteiger partial charge in [-0.25, -0.2) is 9.98 Å². The van der Waals surface area contributed by atoms with Crippen molar-refractivity contribution in [2.24, 2.45) is 29.6 Å². The van der Waals surface area contributed by atoms with E-state index in [-0.39, 0.29) is 41.7 Å². The summed E-state index contributed by atoms with van der Waals surface area (Å²) in [4.78, 5) is 41.1. The third-order valence-electron chi connectivity index (χ3n) is 7.20. The minimum Gasteiger partial charge on any atom is -0.370 e. The fourth-order valence-electron chi connectivity index (χ4n) is 5.50. The van der Waals surface area contributed by atoms with Crippen molar-refractivity contribution in [1.82, 2.24) is 35.5 Å². The Labute approximate surface area is 243 Å². The summed E-state index contributed by atoms with van der Waals surface area (Å²) in [5, 5.41) is 9.44. The summed E-state index contributed by atoms with van der Waals surface area (Å²) < 4.78 is 4.03. The van der Waals surface area contributed by atoms with Gasteiger partial charge in [-0.3, -0.25) is 9.59 Å². The van der Waals surface area contributed by atoms with Crippen molar-refractivity contribution in [3.05, 3.63) is 55.2 Å². The number of H-pyrrole nitrogens is 2. The van der Waals surface area contributed by atoms with Crippen LogP contribution in [-0.2, 0) is 7.05 Å². The van der Waals surface area contributed by atoms with Gasteiger partial charge in [-0.05, 0) is 78.2 Å². The monoisotopic (exact) mass is 712 g/mol. The lowest BCUT2D eigenvalue weighted by molar-refractivity contribution is 0.0869. The highest BCUT2D eigenvalue weighted by Crippen LogP contribution is 2.44. The summed E-state index contributed by atoms with van der Waals surface area (Å²) >= 11 is 10.2. The van der Waals surface area contributed by atoms with Crippen molar-refractivity contribution in [1.29, 1.82) is 0 Å². The Balaban J connectivity index is 1.41. The van der Waals surface area contributed by atoms with E-state index in [1.165, 1.54) is 0 Å². The fourth-order valence-corrected chi connectivity index (χ4v) is 6.68. The van der Waals surface area contributed by atoms with Gasteiger partial charge in [0, 0.05) is 42.4 Å². The highest BCUT2D eigenvalue weighted by atomic mass is 79.9. The zero-order valence-electron chi connectivity index (χ0n) is 20.3. The molecule has 1 fully saturated rings. The van der Waals surface area contributed by atoms with Crippen LogP contribution in [0.3, 0.4) is 0 Å². The van der Waals surface area contributed by atoms with Crippen molar-refractivity contribution >= 4 is 71.5 Å². The Morgan fingerprint density at radius 3 is 2.53 bits per heavy atom. The first kappa shape index (κ1) is 26.8. The molecule has 38 heavy (non-hydrogen) atoms. The summed E-state index contributed by atoms with van der Waals surface area (Å²) in [5.41, 5.74) is 13.8. The molecule has 0 spiro atoms. The number of aromatic nitrogens is 4. The van der Waals surface area contributed by atoms with Gasteiger partial charge in [-0.2, -0.15) is 0 Å². The lowest BCUT2D eigenvalue weighted by atomic mass is 9.66. The highest BCUT2D eigenvalue weighted by molar-refractivity contribution is 9.13. The van der Waals surface area contributed by atoms with E-state index in [4.69, 9.17) is 11.5 Å². The fraction of sp³-hybridized carbons (Fsp3) is 0.391. The van der Waals surface area contributed by atoms with Crippen LogP contribution in [0.2, 0.25) is 0 Å². The number of nitrogen functional groups attached to an aromatic ring is 1. The van der Waals surface area contributed by atoms with E-state index in [2.05, 4.69) is 83.7 Å². The smallest absolute Gasteiger partial charge is 0.267 e. The second-order valence-electron chi connectivity index (χ2n) is 9.58. The Kier molecular flexibility index (Phi) is 7.60. The molecule has 2 amide bonds. The number of nitrogens with two attached hydrogens (primary N) is 2. The van der Waals surface area contributed by atoms with Gasteiger partial charge in [0.1, 0.15) is 11.4 Å². The lowest BCUT2D eigenvalue weighted by Crippen LogP contribution is -2.53. The van der Waals surface area contributed by atoms with Crippen LogP contribution in [0.15, 0.2) is 43.1 Å². The number of nitrogens with zero attached hydrogens (tertiary/aromatic N) is 3. The Hall–Kier alpha value is -2.78. The summed E-state index contributed by atoms with van der Waals surface area (Å²) in [6.07, 6.45) is 4.24. The SMILES string of the molecule is Cn1cc(Br)cc1C(=O)NC[C@H]1CC2NC(N)=NC2[C@@H](c2cnc(N)[nH]2)[C@@H]1CNC(=O)c1cc(Br)c(Br)[nH]1. The second kappa shape index (κ2) is 10.8. The number of imidazole rings is 1. The van der Waals surface area contributed by atoms with Gasteiger partial charge >= 0.3 is 0 Å². The minimum absolute atomic E-state index is 0.0190. The molecule has 9 N–H and O–H groups in total. The second-order valence-corrected chi connectivity index (χ2v) is 12.1. The molecule has 2 aliphatic rings. The van der Waals surface area contributed by atoms with E-state index in [0.29, 0.717) is 47.4 Å². The van der Waals surface area contributed by atoms with Gasteiger partial charge in [0.2, 0.25) is 0 Å². The Morgan fingerprint density at radius 2 is 1.89 bits per heavy atom. The van der Waals surface area contributed by atoms with Gasteiger partial charge in [0.25, 0.3) is 11.8 Å². The van der Waals surface area contributed by atoms with Crippen molar-refractivity contribution in [2.45, 2.75) is 24.4 Å². The third-order valence-corrected chi connectivity index (χ3v) is 9.41. The zero-order valence-corrected chi connectivity index (χ0v) is 25.0. The van der Waals surface area contributed by atoms with Gasteiger partial charge < -0.3 is 42.0 Å². The topological polar surface area (TPSA) is 184 Å². The van der Waals surface area contributed by atoms with Crippen LogP contribution in [0.1, 0.15) is 39.0 Å². The first-order valence-corrected chi connectivity index (χ1v) is 14.3. The zero-order chi connectivity index (χ0) is 27.1. The molecule has 4 heterocycles. The molecule has 15 heteroatoms. The van der Waals surface area contributed by atoms with Gasteiger partial charge in [-0.15, -0.1) is 0 Å². The largest absolute Gasteiger partial charge is 0.370 e. The van der Waals surface area contributed by atoms with E-state index >= 15 is 0 Å². The van der Waals surface area contributed by atoms with Crippen molar-refractivity contribution in [2.75, 3.05) is 18.8 Å². The number of carbonyl (C=O) groups excluding carboxylic acids is 2. The van der Waals surface area contributed by atoms with E-state index in [0.717, 1.165) is 14.6 Å². The number of aromatic amines is 2. The molecule has 0 radical (unpaired) electrons. The van der Waals surface area contributed by atoms with E-state index < -0.39 is 0 Å². The van der Waals surface area contributed by atoms with Crippen molar-refractivity contribution < 1.29 is 9.59 Å². The summed E-state index contributed by atoms with van der Waals surface area (Å²) in [6.45, 7) is 0.734. The summed E-state index contributed by atoms with van der Waals surface area (Å²) in [7, 11) is 1.82. The number of aliphatic imine (C=N–C) groups is 1. The Morgan fingerprint density at radius 1 is 1.13 bits per heavy atom. The first-order chi connectivity index (χ1) is 18.1. The molecule has 0 saturated heterocycles. The van der Waals surface area contributed by atoms with E-state index in [1.54, 1.807) is 22.9 Å². The molecule has 0 aromatic carbocycles. The number of hydrogen-bond donors (Lipinski definition) is 7. The number of halogens is 3. The lowest BCUT2D eigenvalue weighted by Gasteiger charge is -2.43. The third kappa shape index (κ3) is 5.36. The molecule has 3 aromatic heterocycles. The molecule has 202 valence electrons. The van der Waals surface area contributed by atoms with Crippen LogP contribution < -0.4 is 27.4 Å². The van der Waals surface area contributed by atoms with Crippen LogP contribution in [0.25, 0.3) is 0 Å². The predicted octanol–water partition coefficient (Wildman–Crippen LogP) is 2.18. The molecule has 5 rings (SSSR count). The number of hydrogen-bond acceptors (Lipinski definition) is 7. The van der Waals surface area contributed by atoms with Gasteiger partial charge in [-0.1, -0.05) is 0 Å². The molecule has 1 aliphatic heterocycles. The summed E-state index contributed by atoms with van der Waals surface area (Å²) in [6, 6.07) is 3.28. The molecule has 0 bridgehead atoms. The Bertz CT molecular complexity index is 1380. The maximum Gasteiger partial charge on any atom is 0.267 e. The molecule has 2 unspecified atom stereocenters. The standard InChI is InChI=1S/C23H27Br3N10O2/c1-36-8-10(24)3-16(36)21(38)29-5-9-2-13-18(35-23(28)33-13)17(15-7-31-22(27)34-15)11(9)6-30-20(37)14-4-12(25)19(26)32-14/h3-4,7-9,11,13,17-18,32H,2,5-6H2,1H3,(H,29,38)(H,30,37)(H3,27,31,34)(H3,28,33,35)/t9-,11-,13?,17-,18?/m1/s1. The van der Waals surface area contributed by atoms with E-state index in [9.17, 15) is 9.59 Å². The average molecular weight is 715 g/mol. The number of aryl methyl sites for hydroxylation is 1. The maximum atomic E-state index is 13.0. The number of fused-ring (bicyclic) bond motifs is 1. The number of amides is 2. The molecule has 3 aromatic rings. The predicted molar refractivity (Wildman–Crippen MR) is 154 cm³/mol. The minimum atomic E-state index is -0.245. The van der Waals surface area contributed by atoms with Gasteiger partial charge in [0.05, 0.1) is 27.4 Å². The maximum absolute atomic E-state index is 13.0. The number of anilines is 1. The molecule has 1 saturated carbocycles. The molecule has 5 atom stereocenters. The van der Waals surface area contributed by atoms with Crippen LogP contribution >= 0.6 is 47.8 Å². The van der Waals surface area contributed by atoms with Crippen LogP contribution in [-0.4, -0.2) is 62.5 Å². The summed E-state index contributed by atoms with van der Waals surface area (Å²) in [5.74, 6) is -0.0614. The number of carbonyl (C=O) groups is 2. The van der Waals surface area contributed by atoms with Crippen LogP contribution in [0.4, 0.5) is 5.95 Å². The van der Waals surface area contributed by atoms with Crippen molar-refractivity contribution in [3.8, 4) is 0 Å². The first-order valence-electron chi connectivity index (χ1n) is 11.9. The molecular formula is C23H27Br3N10O2. The number of rotatable bonds is 7. The highest BCUT2D eigenvalue weighted by Gasteiger charge is 2.48. The normalized spacial score (nSPS) is 24.4.